The fraction of sp³-hybridized carbons (Fsp3) is 0.111. The number of rotatable bonds is 1. The van der Waals surface area contributed by atoms with Gasteiger partial charge in [-0.15, -0.1) is 24.0 Å². The van der Waals surface area contributed by atoms with E-state index in [0.717, 1.165) is 20.5 Å². The van der Waals surface area contributed by atoms with E-state index >= 15 is 0 Å². The van der Waals surface area contributed by atoms with Crippen molar-refractivity contribution in [2.24, 2.45) is 0 Å². The van der Waals surface area contributed by atoms with Gasteiger partial charge in [-0.05, 0) is 35.5 Å². The molecule has 5 heteroatoms. The van der Waals surface area contributed by atoms with Gasteiger partial charge < -0.3 is 10.0 Å². The van der Waals surface area contributed by atoms with Gasteiger partial charge in [-0.1, -0.05) is 0 Å². The van der Waals surface area contributed by atoms with Crippen molar-refractivity contribution in [2.45, 2.75) is 11.8 Å². The average Bonchev–Trinajstić information content (AvgIpc) is 2.58. The molecule has 14 heavy (non-hydrogen) atoms. The third kappa shape index (κ3) is 1.46. The van der Waals surface area contributed by atoms with Gasteiger partial charge in [0.15, 0.2) is 0 Å². The summed E-state index contributed by atoms with van der Waals surface area (Å²) in [5.41, 5.74) is 1.36. The van der Waals surface area contributed by atoms with Gasteiger partial charge in [0.25, 0.3) is 0 Å². The van der Waals surface area contributed by atoms with Crippen LogP contribution in [0.3, 0.4) is 0 Å². The third-order valence-corrected chi connectivity index (χ3v) is 3.74. The summed E-state index contributed by atoms with van der Waals surface area (Å²) in [6, 6.07) is 3.79. The van der Waals surface area contributed by atoms with Gasteiger partial charge in [0, 0.05) is 15.0 Å². The van der Waals surface area contributed by atoms with E-state index in [1.807, 2.05) is 18.4 Å². The van der Waals surface area contributed by atoms with Crippen LogP contribution < -0.4 is 5.46 Å². The molecule has 0 amide bonds. The second-order valence-corrected chi connectivity index (χ2v) is 4.54. The Hall–Kier alpha value is -0.485. The molecular weight excluding hydrogens is 215 g/mol. The molecule has 0 radical (unpaired) electrons. The largest absolute Gasteiger partial charge is 0.488 e. The van der Waals surface area contributed by atoms with Crippen molar-refractivity contribution in [1.29, 1.82) is 0 Å². The Labute approximate surface area is 91.8 Å². The van der Waals surface area contributed by atoms with Gasteiger partial charge >= 0.3 is 7.12 Å². The highest BCUT2D eigenvalue weighted by Crippen LogP contribution is 2.28. The second-order valence-electron chi connectivity index (χ2n) is 3.15. The molecule has 0 fully saturated rings. The van der Waals surface area contributed by atoms with Crippen LogP contribution in [-0.4, -0.2) is 17.2 Å². The van der Waals surface area contributed by atoms with Gasteiger partial charge in [-0.25, -0.2) is 0 Å². The molecule has 0 atom stereocenters. The van der Waals surface area contributed by atoms with Crippen LogP contribution in [0.5, 0.6) is 0 Å². The predicted molar refractivity (Wildman–Crippen MR) is 63.6 cm³/mol. The Bertz CT molecular complexity index is 479. The molecule has 0 saturated carbocycles. The van der Waals surface area contributed by atoms with Crippen LogP contribution in [0.25, 0.3) is 10.1 Å². The normalized spacial score (nSPS) is 10.9. The van der Waals surface area contributed by atoms with Gasteiger partial charge in [0.1, 0.15) is 0 Å². The maximum atomic E-state index is 9.15. The molecule has 0 aliphatic rings. The number of hydrogen-bond acceptors (Lipinski definition) is 4. The molecule has 0 bridgehead atoms. The summed E-state index contributed by atoms with van der Waals surface area (Å²) < 4.78 is 1.03. The highest BCUT2D eigenvalue weighted by molar-refractivity contribution is 7.80. The van der Waals surface area contributed by atoms with Crippen molar-refractivity contribution in [3.05, 3.63) is 23.1 Å². The number of fused-ring (bicyclic) bond motifs is 1. The molecule has 2 aromatic rings. The van der Waals surface area contributed by atoms with Crippen molar-refractivity contribution in [1.82, 2.24) is 0 Å². The maximum Gasteiger partial charge on any atom is 0.488 e. The SMILES string of the molecule is Cc1c(B(O)O)cc2sccc2c1S. The van der Waals surface area contributed by atoms with Crippen LogP contribution in [0.15, 0.2) is 22.4 Å². The fourth-order valence-electron chi connectivity index (χ4n) is 1.48. The molecule has 0 aliphatic heterocycles. The minimum Gasteiger partial charge on any atom is -0.423 e. The van der Waals surface area contributed by atoms with Crippen molar-refractivity contribution in [3.8, 4) is 0 Å². The lowest BCUT2D eigenvalue weighted by molar-refractivity contribution is 0.425. The van der Waals surface area contributed by atoms with E-state index < -0.39 is 7.12 Å². The van der Waals surface area contributed by atoms with E-state index in [1.54, 1.807) is 17.4 Å². The van der Waals surface area contributed by atoms with Crippen LogP contribution in [0.4, 0.5) is 0 Å². The first kappa shape index (κ1) is 10.0. The summed E-state index contributed by atoms with van der Waals surface area (Å²) in [6.07, 6.45) is 0. The first-order chi connectivity index (χ1) is 6.61. The molecule has 1 aromatic carbocycles. The highest BCUT2D eigenvalue weighted by Gasteiger charge is 2.17. The zero-order valence-electron chi connectivity index (χ0n) is 7.56. The van der Waals surface area contributed by atoms with E-state index in [2.05, 4.69) is 12.6 Å². The first-order valence-electron chi connectivity index (χ1n) is 4.17. The number of hydrogen-bond donors (Lipinski definition) is 3. The van der Waals surface area contributed by atoms with Crippen LogP contribution in [0.2, 0.25) is 0 Å². The molecule has 2 nitrogen and oxygen atoms in total. The van der Waals surface area contributed by atoms with E-state index in [4.69, 9.17) is 10.0 Å². The maximum absolute atomic E-state index is 9.15. The van der Waals surface area contributed by atoms with Crippen molar-refractivity contribution in [2.75, 3.05) is 0 Å². The molecule has 0 unspecified atom stereocenters. The van der Waals surface area contributed by atoms with Gasteiger partial charge in [0.2, 0.25) is 0 Å². The average molecular weight is 224 g/mol. The number of thiol groups is 1. The molecule has 72 valence electrons. The van der Waals surface area contributed by atoms with Crippen LogP contribution in [0.1, 0.15) is 5.56 Å². The molecule has 2 rings (SSSR count). The van der Waals surface area contributed by atoms with Crippen molar-refractivity contribution in [3.63, 3.8) is 0 Å². The Morgan fingerprint density at radius 1 is 1.43 bits per heavy atom. The first-order valence-corrected chi connectivity index (χ1v) is 5.49. The Kier molecular flexibility index (Phi) is 2.57. The molecule has 0 aliphatic carbocycles. The Morgan fingerprint density at radius 2 is 2.14 bits per heavy atom. The lowest BCUT2D eigenvalue weighted by Gasteiger charge is -2.08. The topological polar surface area (TPSA) is 40.5 Å². The summed E-state index contributed by atoms with van der Waals surface area (Å²) in [7, 11) is -1.42. The molecule has 1 aromatic heterocycles. The lowest BCUT2D eigenvalue weighted by Crippen LogP contribution is -2.32. The smallest absolute Gasteiger partial charge is 0.423 e. The minimum atomic E-state index is -1.42. The van der Waals surface area contributed by atoms with Crippen molar-refractivity contribution < 1.29 is 10.0 Å². The zero-order chi connectivity index (χ0) is 10.3. The van der Waals surface area contributed by atoms with E-state index in [1.165, 1.54) is 0 Å². The predicted octanol–water partition coefficient (Wildman–Crippen LogP) is 1.18. The van der Waals surface area contributed by atoms with Crippen molar-refractivity contribution >= 4 is 46.6 Å². The van der Waals surface area contributed by atoms with Crippen LogP contribution >= 0.6 is 24.0 Å². The standard InChI is InChI=1S/C9H9BO2S2/c1-5-7(10(11)12)4-8-6(9(5)13)2-3-14-8/h2-4,11-13H,1H3. The summed E-state index contributed by atoms with van der Waals surface area (Å²) in [5, 5.41) is 21.3. The number of benzene rings is 1. The van der Waals surface area contributed by atoms with Crippen LogP contribution in [0, 0.1) is 6.92 Å². The third-order valence-electron chi connectivity index (χ3n) is 2.30. The lowest BCUT2D eigenvalue weighted by atomic mass is 9.77. The minimum absolute atomic E-state index is 0.532. The summed E-state index contributed by atoms with van der Waals surface area (Å²) >= 11 is 5.95. The van der Waals surface area contributed by atoms with E-state index in [-0.39, 0.29) is 0 Å². The summed E-state index contributed by atoms with van der Waals surface area (Å²) in [4.78, 5) is 0.826. The number of thiophene rings is 1. The Morgan fingerprint density at radius 3 is 2.79 bits per heavy atom. The monoisotopic (exact) mass is 224 g/mol. The molecule has 1 heterocycles. The van der Waals surface area contributed by atoms with E-state index in [0.29, 0.717) is 5.46 Å². The van der Waals surface area contributed by atoms with E-state index in [9.17, 15) is 0 Å². The Balaban J connectivity index is 2.80. The highest BCUT2D eigenvalue weighted by atomic mass is 32.1. The van der Waals surface area contributed by atoms with Crippen LogP contribution in [-0.2, 0) is 0 Å². The molecule has 2 N–H and O–H groups in total. The summed E-state index contributed by atoms with van der Waals surface area (Å²) in [6.45, 7) is 1.84. The molecule has 0 spiro atoms. The fourth-order valence-corrected chi connectivity index (χ4v) is 2.73. The van der Waals surface area contributed by atoms with Gasteiger partial charge in [-0.2, -0.15) is 0 Å². The summed E-state index contributed by atoms with van der Waals surface area (Å²) in [5.74, 6) is 0. The second kappa shape index (κ2) is 3.58. The van der Waals surface area contributed by atoms with Gasteiger partial charge in [-0.3, -0.25) is 0 Å². The molecule has 0 saturated heterocycles. The molecular formula is C9H9BO2S2. The van der Waals surface area contributed by atoms with Gasteiger partial charge in [0.05, 0.1) is 0 Å². The quantitative estimate of drug-likeness (QED) is 0.502. The zero-order valence-corrected chi connectivity index (χ0v) is 9.27.